The molecule has 2 heterocycles. The monoisotopic (exact) mass is 412 g/mol. The number of aromatic nitrogens is 2. The second-order valence-corrected chi connectivity index (χ2v) is 7.04. The molecule has 0 amide bonds. The fourth-order valence-electron chi connectivity index (χ4n) is 3.16. The van der Waals surface area contributed by atoms with Gasteiger partial charge in [0.05, 0.1) is 17.7 Å². The number of ketones is 2. The van der Waals surface area contributed by atoms with Crippen molar-refractivity contribution in [1.82, 2.24) is 9.55 Å². The summed E-state index contributed by atoms with van der Waals surface area (Å²) in [7, 11) is 0. The zero-order valence-corrected chi connectivity index (χ0v) is 15.2. The molecule has 3 aromatic rings. The maximum atomic E-state index is 12.8. The van der Waals surface area contributed by atoms with E-state index in [-0.39, 0.29) is 28.9 Å². The van der Waals surface area contributed by atoms with Gasteiger partial charge in [0.2, 0.25) is 23.3 Å². The van der Waals surface area contributed by atoms with Gasteiger partial charge in [0.1, 0.15) is 11.3 Å². The lowest BCUT2D eigenvalue weighted by molar-refractivity contribution is 0.0972. The lowest BCUT2D eigenvalue weighted by Crippen LogP contribution is -2.21. The Bertz CT molecular complexity index is 1100. The maximum absolute atomic E-state index is 12.8. The van der Waals surface area contributed by atoms with Crippen LogP contribution >= 0.6 is 15.9 Å². The Morgan fingerprint density at radius 2 is 1.73 bits per heavy atom. The van der Waals surface area contributed by atoms with Crippen molar-refractivity contribution in [3.8, 4) is 11.8 Å². The van der Waals surface area contributed by atoms with Crippen LogP contribution in [-0.2, 0) is 6.54 Å². The lowest BCUT2D eigenvalue weighted by Gasteiger charge is -2.13. The van der Waals surface area contributed by atoms with Gasteiger partial charge in [-0.2, -0.15) is 0 Å². The summed E-state index contributed by atoms with van der Waals surface area (Å²) in [4.78, 5) is 29.7. The number of benzene rings is 1. The van der Waals surface area contributed by atoms with E-state index in [4.69, 9.17) is 0 Å². The molecule has 130 valence electrons. The molecule has 2 N–H and O–H groups in total. The Kier molecular flexibility index (Phi) is 3.69. The molecule has 0 aliphatic heterocycles. The van der Waals surface area contributed by atoms with Crippen LogP contribution in [0, 0.1) is 6.92 Å². The number of pyridine rings is 1. The van der Waals surface area contributed by atoms with Crippen molar-refractivity contribution in [1.29, 1.82) is 0 Å². The zero-order chi connectivity index (χ0) is 18.6. The molecule has 0 radical (unpaired) electrons. The number of aryl methyl sites for hydroxylation is 1. The smallest absolute Gasteiger partial charge is 0.218 e. The maximum Gasteiger partial charge on any atom is 0.218 e. The first-order chi connectivity index (χ1) is 12.4. The molecular formula is C19H13BrN2O4. The highest BCUT2D eigenvalue weighted by Crippen LogP contribution is 2.40. The van der Waals surface area contributed by atoms with Crippen molar-refractivity contribution < 1.29 is 19.8 Å². The number of aromatic hydroxyl groups is 2. The Morgan fingerprint density at radius 3 is 2.42 bits per heavy atom. The van der Waals surface area contributed by atoms with Crippen LogP contribution in [0.2, 0.25) is 0 Å². The van der Waals surface area contributed by atoms with Crippen LogP contribution in [0.1, 0.15) is 43.2 Å². The number of carbonyl (C=O) groups is 2. The van der Waals surface area contributed by atoms with E-state index in [0.717, 1.165) is 14.6 Å². The van der Waals surface area contributed by atoms with E-state index in [1.54, 1.807) is 13.0 Å². The van der Waals surface area contributed by atoms with Gasteiger partial charge in [-0.1, -0.05) is 28.1 Å². The fraction of sp³-hybridized carbons (Fsp3) is 0.105. The second-order valence-electron chi connectivity index (χ2n) is 6.12. The fourth-order valence-corrected chi connectivity index (χ4v) is 3.60. The topological polar surface area (TPSA) is 92.4 Å². The van der Waals surface area contributed by atoms with Crippen LogP contribution in [0.25, 0.3) is 0 Å². The highest BCUT2D eigenvalue weighted by atomic mass is 79.9. The van der Waals surface area contributed by atoms with Crippen molar-refractivity contribution in [2.24, 2.45) is 0 Å². The van der Waals surface area contributed by atoms with Gasteiger partial charge >= 0.3 is 0 Å². The van der Waals surface area contributed by atoms with Crippen LogP contribution < -0.4 is 0 Å². The molecule has 0 spiro atoms. The summed E-state index contributed by atoms with van der Waals surface area (Å²) in [5.41, 5.74) is 1.11. The standard InChI is InChI=1S/C19H13BrN2O4/c1-9-5-6-12-15(21-9)17(24)14-13(16(12)23)18(25)22(19(14)26)8-10-3-2-4-11(20)7-10/h2-7,25-26H,8H2,1H3. The van der Waals surface area contributed by atoms with Gasteiger partial charge in [0.25, 0.3) is 0 Å². The highest BCUT2D eigenvalue weighted by molar-refractivity contribution is 9.10. The molecule has 1 aromatic carbocycles. The molecule has 1 aliphatic rings. The number of fused-ring (bicyclic) bond motifs is 2. The van der Waals surface area contributed by atoms with E-state index >= 15 is 0 Å². The number of carbonyl (C=O) groups excluding carboxylic acids is 2. The molecule has 0 saturated heterocycles. The van der Waals surface area contributed by atoms with Gasteiger partial charge in [-0.15, -0.1) is 0 Å². The third-order valence-electron chi connectivity index (χ3n) is 4.39. The first kappa shape index (κ1) is 16.5. The minimum atomic E-state index is -0.570. The number of hydrogen-bond donors (Lipinski definition) is 2. The zero-order valence-electron chi connectivity index (χ0n) is 13.7. The lowest BCUT2D eigenvalue weighted by atomic mass is 9.89. The SMILES string of the molecule is Cc1ccc2c(n1)C(=O)c1c(c(O)n(Cc3cccc(Br)c3)c1O)C2=O. The quantitative estimate of drug-likeness (QED) is 0.527. The van der Waals surface area contributed by atoms with Crippen LogP contribution in [-0.4, -0.2) is 31.3 Å². The summed E-state index contributed by atoms with van der Waals surface area (Å²) in [6.45, 7) is 1.82. The van der Waals surface area contributed by atoms with E-state index in [9.17, 15) is 19.8 Å². The van der Waals surface area contributed by atoms with Crippen LogP contribution in [0.15, 0.2) is 40.9 Å². The molecule has 2 aromatic heterocycles. The molecule has 0 atom stereocenters. The summed E-state index contributed by atoms with van der Waals surface area (Å²) in [6.07, 6.45) is 0. The average molecular weight is 413 g/mol. The molecule has 1 aliphatic carbocycles. The van der Waals surface area contributed by atoms with Gasteiger partial charge < -0.3 is 10.2 Å². The molecule has 0 fully saturated rings. The van der Waals surface area contributed by atoms with Crippen molar-refractivity contribution in [2.45, 2.75) is 13.5 Å². The van der Waals surface area contributed by atoms with Gasteiger partial charge in [0, 0.05) is 10.2 Å². The Balaban J connectivity index is 1.88. The number of rotatable bonds is 2. The first-order valence-corrected chi connectivity index (χ1v) is 8.63. The molecule has 6 nitrogen and oxygen atoms in total. The Morgan fingerprint density at radius 1 is 1.04 bits per heavy atom. The minimum absolute atomic E-state index is 0.00240. The molecule has 26 heavy (non-hydrogen) atoms. The Labute approximate surface area is 156 Å². The van der Waals surface area contributed by atoms with Crippen LogP contribution in [0.4, 0.5) is 0 Å². The van der Waals surface area contributed by atoms with E-state index in [1.165, 1.54) is 6.07 Å². The first-order valence-electron chi connectivity index (χ1n) is 7.84. The number of nitrogens with zero attached hydrogens (tertiary/aromatic N) is 2. The molecule has 4 rings (SSSR count). The summed E-state index contributed by atoms with van der Waals surface area (Å²) in [5.74, 6) is -1.96. The van der Waals surface area contributed by atoms with Crippen molar-refractivity contribution >= 4 is 27.5 Å². The van der Waals surface area contributed by atoms with Gasteiger partial charge in [0.15, 0.2) is 0 Å². The predicted octanol–water partition coefficient (Wildman–Crippen LogP) is 3.19. The normalized spacial score (nSPS) is 12.8. The molecule has 0 saturated carbocycles. The molecule has 0 unspecified atom stereocenters. The van der Waals surface area contributed by atoms with Gasteiger partial charge in [-0.3, -0.25) is 14.2 Å². The summed E-state index contributed by atoms with van der Waals surface area (Å²) in [6, 6.07) is 10.4. The third kappa shape index (κ3) is 2.35. The number of hydrogen-bond acceptors (Lipinski definition) is 5. The van der Waals surface area contributed by atoms with E-state index < -0.39 is 23.3 Å². The van der Waals surface area contributed by atoms with Crippen LogP contribution in [0.5, 0.6) is 11.8 Å². The third-order valence-corrected chi connectivity index (χ3v) is 4.88. The molecule has 0 bridgehead atoms. The predicted molar refractivity (Wildman–Crippen MR) is 96.8 cm³/mol. The summed E-state index contributed by atoms with van der Waals surface area (Å²) >= 11 is 3.36. The van der Waals surface area contributed by atoms with Gasteiger partial charge in [-0.05, 0) is 36.8 Å². The summed E-state index contributed by atoms with van der Waals surface area (Å²) < 4.78 is 1.99. The van der Waals surface area contributed by atoms with E-state index in [0.29, 0.717) is 5.69 Å². The van der Waals surface area contributed by atoms with Gasteiger partial charge in [-0.25, -0.2) is 4.98 Å². The van der Waals surface area contributed by atoms with E-state index in [2.05, 4.69) is 20.9 Å². The average Bonchev–Trinajstić information content (AvgIpc) is 2.85. The molecule has 7 heteroatoms. The largest absolute Gasteiger partial charge is 0.494 e. The minimum Gasteiger partial charge on any atom is -0.494 e. The molecular weight excluding hydrogens is 400 g/mol. The second kappa shape index (κ2) is 5.81. The van der Waals surface area contributed by atoms with E-state index in [1.807, 2.05) is 24.3 Å². The van der Waals surface area contributed by atoms with Crippen molar-refractivity contribution in [3.05, 3.63) is 74.5 Å². The highest BCUT2D eigenvalue weighted by Gasteiger charge is 2.39. The summed E-state index contributed by atoms with van der Waals surface area (Å²) in [5, 5.41) is 21.1. The van der Waals surface area contributed by atoms with Crippen molar-refractivity contribution in [3.63, 3.8) is 0 Å². The van der Waals surface area contributed by atoms with Crippen molar-refractivity contribution in [2.75, 3.05) is 0 Å². The number of halogens is 1. The van der Waals surface area contributed by atoms with Crippen LogP contribution in [0.3, 0.4) is 0 Å². The Hall–Kier alpha value is -2.93.